The summed E-state index contributed by atoms with van der Waals surface area (Å²) >= 11 is 5.20. The fraction of sp³-hybridized carbons (Fsp3) is 0.353. The van der Waals surface area contributed by atoms with E-state index in [1.165, 1.54) is 17.5 Å². The number of thiophene rings is 1. The monoisotopic (exact) mass is 363 g/mol. The number of carbonyl (C=O) groups excluding carboxylic acids is 1. The molecule has 1 fully saturated rings. The van der Waals surface area contributed by atoms with Crippen LogP contribution < -0.4 is 5.32 Å². The number of nitrogens with one attached hydrogen (secondary N) is 1. The van der Waals surface area contributed by atoms with Crippen LogP contribution in [0.5, 0.6) is 0 Å². The topological polar surface area (TPSA) is 29.1 Å². The van der Waals surface area contributed by atoms with Crippen LogP contribution in [0.15, 0.2) is 45.6 Å². The number of halogens is 1. The minimum atomic E-state index is -0.143. The van der Waals surface area contributed by atoms with Gasteiger partial charge in [0.1, 0.15) is 0 Å². The van der Waals surface area contributed by atoms with Crippen LogP contribution in [0.2, 0.25) is 0 Å². The van der Waals surface area contributed by atoms with Gasteiger partial charge in [0.2, 0.25) is 5.91 Å². The Morgan fingerprint density at radius 2 is 2.19 bits per heavy atom. The first kappa shape index (κ1) is 14.8. The predicted molar refractivity (Wildman–Crippen MR) is 90.5 cm³/mol. The summed E-state index contributed by atoms with van der Waals surface area (Å²) in [5, 5.41) is 7.45. The molecule has 3 rings (SSSR count). The number of amides is 1. The van der Waals surface area contributed by atoms with E-state index < -0.39 is 0 Å². The van der Waals surface area contributed by atoms with Gasteiger partial charge in [0, 0.05) is 10.9 Å². The molecule has 1 N–H and O–H groups in total. The Kier molecular flexibility index (Phi) is 4.45. The van der Waals surface area contributed by atoms with Crippen molar-refractivity contribution in [1.82, 2.24) is 5.32 Å². The molecule has 21 heavy (non-hydrogen) atoms. The number of aryl methyl sites for hydroxylation is 1. The summed E-state index contributed by atoms with van der Waals surface area (Å²) in [7, 11) is 0. The average molecular weight is 364 g/mol. The first-order valence-electron chi connectivity index (χ1n) is 7.26. The van der Waals surface area contributed by atoms with Crippen LogP contribution in [0.3, 0.4) is 0 Å². The van der Waals surface area contributed by atoms with E-state index in [9.17, 15) is 4.79 Å². The molecule has 2 nitrogen and oxygen atoms in total. The molecule has 1 amide bonds. The molecule has 0 aliphatic heterocycles. The molecule has 0 bridgehead atoms. The quantitative estimate of drug-likeness (QED) is 0.823. The summed E-state index contributed by atoms with van der Waals surface area (Å²) in [5.74, 6) is 0.154. The van der Waals surface area contributed by atoms with Crippen molar-refractivity contribution in [1.29, 1.82) is 0 Å². The van der Waals surface area contributed by atoms with Crippen LogP contribution >= 0.6 is 27.3 Å². The molecule has 110 valence electrons. The Labute approximate surface area is 137 Å². The van der Waals surface area contributed by atoms with Gasteiger partial charge in [0.15, 0.2) is 0 Å². The third kappa shape index (κ3) is 3.38. The SMILES string of the molecule is O=C(CCc1ccsc1)NC1(c2cccc(Br)c2)CCC1. The smallest absolute Gasteiger partial charge is 0.221 e. The molecule has 1 aliphatic rings. The summed E-state index contributed by atoms with van der Waals surface area (Å²) in [6.45, 7) is 0. The molecule has 1 aromatic carbocycles. The minimum Gasteiger partial charge on any atom is -0.347 e. The van der Waals surface area contributed by atoms with Crippen molar-refractivity contribution in [3.8, 4) is 0 Å². The Morgan fingerprint density at radius 1 is 1.33 bits per heavy atom. The normalized spacial score (nSPS) is 16.2. The summed E-state index contributed by atoms with van der Waals surface area (Å²) in [4.78, 5) is 12.3. The van der Waals surface area contributed by atoms with Crippen LogP contribution in [-0.2, 0) is 16.8 Å². The fourth-order valence-corrected chi connectivity index (χ4v) is 3.93. The molecule has 0 atom stereocenters. The number of carbonyl (C=O) groups is 1. The second kappa shape index (κ2) is 6.32. The third-order valence-corrected chi connectivity index (χ3v) is 5.41. The standard InChI is InChI=1S/C17H18BrNOS/c18-15-4-1-3-14(11-15)17(8-2-9-17)19-16(20)6-5-13-7-10-21-12-13/h1,3-4,7,10-12H,2,5-6,8-9H2,(H,19,20). The predicted octanol–water partition coefficient (Wildman–Crippen LogP) is 4.64. The van der Waals surface area contributed by atoms with Crippen LogP contribution in [0, 0.1) is 0 Å². The van der Waals surface area contributed by atoms with E-state index in [-0.39, 0.29) is 11.4 Å². The molecule has 0 spiro atoms. The molecular weight excluding hydrogens is 346 g/mol. The molecule has 1 aromatic heterocycles. The highest BCUT2D eigenvalue weighted by Crippen LogP contribution is 2.42. The number of hydrogen-bond acceptors (Lipinski definition) is 2. The van der Waals surface area contributed by atoms with E-state index in [0.717, 1.165) is 23.7 Å². The zero-order valence-electron chi connectivity index (χ0n) is 11.8. The Bertz CT molecular complexity index is 619. The zero-order valence-corrected chi connectivity index (χ0v) is 14.2. The van der Waals surface area contributed by atoms with E-state index in [2.05, 4.69) is 50.2 Å². The van der Waals surface area contributed by atoms with Gasteiger partial charge in [0.25, 0.3) is 0 Å². The van der Waals surface area contributed by atoms with Gasteiger partial charge in [-0.2, -0.15) is 11.3 Å². The second-order valence-electron chi connectivity index (χ2n) is 5.63. The van der Waals surface area contributed by atoms with Gasteiger partial charge in [-0.3, -0.25) is 4.79 Å². The zero-order chi connectivity index (χ0) is 14.7. The molecule has 1 aliphatic carbocycles. The van der Waals surface area contributed by atoms with Crippen molar-refractivity contribution in [3.63, 3.8) is 0 Å². The van der Waals surface area contributed by atoms with Crippen molar-refractivity contribution in [3.05, 3.63) is 56.7 Å². The summed E-state index contributed by atoms with van der Waals surface area (Å²) < 4.78 is 1.07. The molecule has 0 saturated heterocycles. The van der Waals surface area contributed by atoms with Crippen LogP contribution in [0.25, 0.3) is 0 Å². The molecule has 0 radical (unpaired) electrons. The Hall–Kier alpha value is -1.13. The Morgan fingerprint density at radius 3 is 2.81 bits per heavy atom. The fourth-order valence-electron chi connectivity index (χ4n) is 2.82. The van der Waals surface area contributed by atoms with E-state index in [1.807, 2.05) is 12.1 Å². The van der Waals surface area contributed by atoms with E-state index in [1.54, 1.807) is 11.3 Å². The summed E-state index contributed by atoms with van der Waals surface area (Å²) in [6.07, 6.45) is 4.63. The van der Waals surface area contributed by atoms with Gasteiger partial charge >= 0.3 is 0 Å². The lowest BCUT2D eigenvalue weighted by Crippen LogP contribution is -2.50. The van der Waals surface area contributed by atoms with Crippen LogP contribution in [0.4, 0.5) is 0 Å². The number of hydrogen-bond donors (Lipinski definition) is 1. The highest BCUT2D eigenvalue weighted by molar-refractivity contribution is 9.10. The lowest BCUT2D eigenvalue weighted by Gasteiger charge is -2.43. The molecular formula is C17H18BrNOS. The lowest BCUT2D eigenvalue weighted by atomic mass is 9.71. The van der Waals surface area contributed by atoms with Gasteiger partial charge in [-0.1, -0.05) is 28.1 Å². The second-order valence-corrected chi connectivity index (χ2v) is 7.32. The average Bonchev–Trinajstić information content (AvgIpc) is 2.94. The third-order valence-electron chi connectivity index (χ3n) is 4.18. The highest BCUT2D eigenvalue weighted by atomic mass is 79.9. The van der Waals surface area contributed by atoms with E-state index in [4.69, 9.17) is 0 Å². The van der Waals surface area contributed by atoms with Gasteiger partial charge in [-0.15, -0.1) is 0 Å². The Balaban J connectivity index is 1.65. The van der Waals surface area contributed by atoms with E-state index >= 15 is 0 Å². The van der Waals surface area contributed by atoms with Crippen LogP contribution in [-0.4, -0.2) is 5.91 Å². The molecule has 1 heterocycles. The van der Waals surface area contributed by atoms with Crippen molar-refractivity contribution < 1.29 is 4.79 Å². The number of rotatable bonds is 5. The van der Waals surface area contributed by atoms with Crippen molar-refractivity contribution in [2.45, 2.75) is 37.6 Å². The van der Waals surface area contributed by atoms with Crippen molar-refractivity contribution in [2.24, 2.45) is 0 Å². The number of benzene rings is 1. The van der Waals surface area contributed by atoms with Gasteiger partial charge in [0.05, 0.1) is 5.54 Å². The first-order valence-corrected chi connectivity index (χ1v) is 9.00. The minimum absolute atomic E-state index is 0.143. The maximum atomic E-state index is 12.3. The summed E-state index contributed by atoms with van der Waals surface area (Å²) in [6, 6.07) is 10.4. The molecule has 1 saturated carbocycles. The summed E-state index contributed by atoms with van der Waals surface area (Å²) in [5.41, 5.74) is 2.32. The molecule has 2 aromatic rings. The van der Waals surface area contributed by atoms with Gasteiger partial charge in [-0.25, -0.2) is 0 Å². The first-order chi connectivity index (χ1) is 10.2. The van der Waals surface area contributed by atoms with Crippen LogP contribution in [0.1, 0.15) is 36.8 Å². The largest absolute Gasteiger partial charge is 0.347 e. The maximum Gasteiger partial charge on any atom is 0.221 e. The molecule has 4 heteroatoms. The van der Waals surface area contributed by atoms with Crippen molar-refractivity contribution in [2.75, 3.05) is 0 Å². The van der Waals surface area contributed by atoms with Crippen molar-refractivity contribution >= 4 is 33.2 Å². The lowest BCUT2D eigenvalue weighted by molar-refractivity contribution is -0.124. The maximum absolute atomic E-state index is 12.3. The molecule has 0 unspecified atom stereocenters. The van der Waals surface area contributed by atoms with Gasteiger partial charge in [-0.05, 0) is 65.8 Å². The van der Waals surface area contributed by atoms with E-state index in [0.29, 0.717) is 6.42 Å². The highest BCUT2D eigenvalue weighted by Gasteiger charge is 2.39. The van der Waals surface area contributed by atoms with Gasteiger partial charge < -0.3 is 5.32 Å².